The van der Waals surface area contributed by atoms with Crippen LogP contribution in [0.25, 0.3) is 0 Å². The minimum Gasteiger partial charge on any atom is -0.348 e. The molecular weight excluding hydrogens is 362 g/mol. The number of amides is 1. The standard InChI is InChI=1S/C20H23N3O3S/c24-20(22-14-15-9-10-21-19(13-15)16-3-4-16)17-5-7-18(8-6-17)27(25,26)23-11-1-2-12-23/h5-10,13,16H,1-4,11-12,14H2,(H,22,24). The second kappa shape index (κ2) is 7.40. The quantitative estimate of drug-likeness (QED) is 0.829. The summed E-state index contributed by atoms with van der Waals surface area (Å²) in [4.78, 5) is 17.0. The first-order valence-electron chi connectivity index (χ1n) is 9.37. The summed E-state index contributed by atoms with van der Waals surface area (Å²) in [6, 6.07) is 10.1. The minimum atomic E-state index is -3.45. The Morgan fingerprint density at radius 2 is 1.81 bits per heavy atom. The highest BCUT2D eigenvalue weighted by Crippen LogP contribution is 2.38. The first-order valence-corrected chi connectivity index (χ1v) is 10.8. The van der Waals surface area contributed by atoms with Crippen LogP contribution in [0, 0.1) is 0 Å². The summed E-state index contributed by atoms with van der Waals surface area (Å²) in [5.74, 6) is 0.357. The van der Waals surface area contributed by atoms with Crippen LogP contribution in [0.2, 0.25) is 0 Å². The molecule has 142 valence electrons. The fourth-order valence-electron chi connectivity index (χ4n) is 3.35. The second-order valence-electron chi connectivity index (χ2n) is 7.18. The van der Waals surface area contributed by atoms with Gasteiger partial charge in [-0.1, -0.05) is 0 Å². The number of nitrogens with zero attached hydrogens (tertiary/aromatic N) is 2. The van der Waals surface area contributed by atoms with Crippen LogP contribution in [-0.2, 0) is 16.6 Å². The minimum absolute atomic E-state index is 0.218. The summed E-state index contributed by atoms with van der Waals surface area (Å²) in [7, 11) is -3.45. The molecule has 6 nitrogen and oxygen atoms in total. The number of nitrogens with one attached hydrogen (secondary N) is 1. The van der Waals surface area contributed by atoms with Crippen molar-refractivity contribution in [3.05, 3.63) is 59.4 Å². The van der Waals surface area contributed by atoms with Crippen LogP contribution in [0.15, 0.2) is 47.5 Å². The number of carbonyl (C=O) groups is 1. The Morgan fingerprint density at radius 3 is 2.48 bits per heavy atom. The van der Waals surface area contributed by atoms with Gasteiger partial charge in [-0.2, -0.15) is 4.31 Å². The van der Waals surface area contributed by atoms with Crippen molar-refractivity contribution in [1.82, 2.24) is 14.6 Å². The molecule has 2 aromatic rings. The molecular formula is C20H23N3O3S. The number of rotatable bonds is 6. The van der Waals surface area contributed by atoms with E-state index in [0.717, 1.165) is 24.1 Å². The van der Waals surface area contributed by atoms with Gasteiger partial charge in [0, 0.05) is 43.0 Å². The van der Waals surface area contributed by atoms with Crippen LogP contribution in [0.5, 0.6) is 0 Å². The summed E-state index contributed by atoms with van der Waals surface area (Å²) >= 11 is 0. The van der Waals surface area contributed by atoms with Gasteiger partial charge in [-0.3, -0.25) is 9.78 Å². The van der Waals surface area contributed by atoms with E-state index >= 15 is 0 Å². The molecule has 1 N–H and O–H groups in total. The van der Waals surface area contributed by atoms with Crippen LogP contribution < -0.4 is 5.32 Å². The Hall–Kier alpha value is -2.25. The first kappa shape index (κ1) is 18.1. The Kier molecular flexibility index (Phi) is 4.97. The molecule has 0 bridgehead atoms. The molecule has 2 heterocycles. The van der Waals surface area contributed by atoms with Crippen LogP contribution in [0.1, 0.15) is 53.2 Å². The largest absolute Gasteiger partial charge is 0.348 e. The summed E-state index contributed by atoms with van der Waals surface area (Å²) < 4.78 is 26.6. The summed E-state index contributed by atoms with van der Waals surface area (Å²) in [6.07, 6.45) is 5.96. The summed E-state index contributed by atoms with van der Waals surface area (Å²) in [6.45, 7) is 1.56. The predicted molar refractivity (Wildman–Crippen MR) is 102 cm³/mol. The third kappa shape index (κ3) is 4.04. The van der Waals surface area contributed by atoms with Crippen LogP contribution in [-0.4, -0.2) is 36.7 Å². The molecule has 1 aromatic heterocycles. The van der Waals surface area contributed by atoms with Gasteiger partial charge in [0.15, 0.2) is 0 Å². The number of sulfonamides is 1. The Bertz CT molecular complexity index is 931. The van der Waals surface area contributed by atoms with Gasteiger partial charge in [0.1, 0.15) is 0 Å². The van der Waals surface area contributed by atoms with Crippen molar-refractivity contribution in [3.63, 3.8) is 0 Å². The fraction of sp³-hybridized carbons (Fsp3) is 0.400. The van der Waals surface area contributed by atoms with Crippen molar-refractivity contribution in [3.8, 4) is 0 Å². The van der Waals surface area contributed by atoms with Crippen LogP contribution in [0.3, 0.4) is 0 Å². The zero-order chi connectivity index (χ0) is 18.9. The molecule has 1 aliphatic carbocycles. The van der Waals surface area contributed by atoms with Crippen molar-refractivity contribution in [1.29, 1.82) is 0 Å². The topological polar surface area (TPSA) is 79.4 Å². The zero-order valence-electron chi connectivity index (χ0n) is 15.1. The first-order chi connectivity index (χ1) is 13.0. The predicted octanol–water partition coefficient (Wildman–Crippen LogP) is 2.67. The highest BCUT2D eigenvalue weighted by molar-refractivity contribution is 7.89. The van der Waals surface area contributed by atoms with Crippen molar-refractivity contribution < 1.29 is 13.2 Å². The highest BCUT2D eigenvalue weighted by Gasteiger charge is 2.27. The molecule has 0 unspecified atom stereocenters. The lowest BCUT2D eigenvalue weighted by Crippen LogP contribution is -2.28. The van der Waals surface area contributed by atoms with E-state index in [1.807, 2.05) is 12.1 Å². The molecule has 7 heteroatoms. The Labute approximate surface area is 159 Å². The molecule has 2 aliphatic rings. The maximum Gasteiger partial charge on any atom is 0.251 e. The third-order valence-electron chi connectivity index (χ3n) is 5.11. The lowest BCUT2D eigenvalue weighted by atomic mass is 10.1. The van der Waals surface area contributed by atoms with E-state index in [0.29, 0.717) is 31.1 Å². The van der Waals surface area contributed by atoms with Gasteiger partial charge in [0.25, 0.3) is 5.91 Å². The molecule has 0 spiro atoms. The molecule has 0 radical (unpaired) electrons. The van der Waals surface area contributed by atoms with E-state index in [2.05, 4.69) is 10.3 Å². The van der Waals surface area contributed by atoms with E-state index in [-0.39, 0.29) is 10.8 Å². The lowest BCUT2D eigenvalue weighted by molar-refractivity contribution is 0.0951. The lowest BCUT2D eigenvalue weighted by Gasteiger charge is -2.15. The molecule has 27 heavy (non-hydrogen) atoms. The normalized spacial score (nSPS) is 17.8. The Morgan fingerprint density at radius 1 is 1.11 bits per heavy atom. The van der Waals surface area contributed by atoms with Crippen LogP contribution in [0.4, 0.5) is 0 Å². The summed E-state index contributed by atoms with van der Waals surface area (Å²) in [5.41, 5.74) is 2.57. The maximum atomic E-state index is 12.5. The molecule has 4 rings (SSSR count). The zero-order valence-corrected chi connectivity index (χ0v) is 15.9. The van der Waals surface area contributed by atoms with Gasteiger partial charge in [-0.25, -0.2) is 8.42 Å². The van der Waals surface area contributed by atoms with Gasteiger partial charge < -0.3 is 5.32 Å². The van der Waals surface area contributed by atoms with Crippen molar-refractivity contribution >= 4 is 15.9 Å². The van der Waals surface area contributed by atoms with Gasteiger partial charge >= 0.3 is 0 Å². The molecule has 2 fully saturated rings. The second-order valence-corrected chi connectivity index (χ2v) is 9.12. The van der Waals surface area contributed by atoms with Gasteiger partial charge in [0.2, 0.25) is 10.0 Å². The highest BCUT2D eigenvalue weighted by atomic mass is 32.2. The average molecular weight is 385 g/mol. The molecule has 0 atom stereocenters. The number of pyridine rings is 1. The smallest absolute Gasteiger partial charge is 0.251 e. The maximum absolute atomic E-state index is 12.5. The van der Waals surface area contributed by atoms with Crippen molar-refractivity contribution in [2.45, 2.75) is 43.0 Å². The van der Waals surface area contributed by atoms with E-state index in [4.69, 9.17) is 0 Å². The van der Waals surface area contributed by atoms with E-state index in [1.54, 1.807) is 18.3 Å². The monoisotopic (exact) mass is 385 g/mol. The number of benzene rings is 1. The molecule has 1 saturated carbocycles. The number of hydrogen-bond acceptors (Lipinski definition) is 4. The molecule has 1 saturated heterocycles. The van der Waals surface area contributed by atoms with Crippen molar-refractivity contribution in [2.75, 3.05) is 13.1 Å². The fourth-order valence-corrected chi connectivity index (χ4v) is 4.86. The molecule has 1 aliphatic heterocycles. The Balaban J connectivity index is 1.39. The molecule has 1 aromatic carbocycles. The van der Waals surface area contributed by atoms with E-state index < -0.39 is 10.0 Å². The van der Waals surface area contributed by atoms with Gasteiger partial charge in [0.05, 0.1) is 4.90 Å². The number of hydrogen-bond donors (Lipinski definition) is 1. The summed E-state index contributed by atoms with van der Waals surface area (Å²) in [5, 5.41) is 2.89. The number of carbonyl (C=O) groups excluding carboxylic acids is 1. The van der Waals surface area contributed by atoms with Crippen molar-refractivity contribution in [2.24, 2.45) is 0 Å². The third-order valence-corrected chi connectivity index (χ3v) is 7.03. The van der Waals surface area contributed by atoms with Gasteiger partial charge in [-0.15, -0.1) is 0 Å². The van der Waals surface area contributed by atoms with E-state index in [1.165, 1.54) is 29.3 Å². The number of aromatic nitrogens is 1. The van der Waals surface area contributed by atoms with E-state index in [9.17, 15) is 13.2 Å². The molecule has 1 amide bonds. The average Bonchev–Trinajstić information content (AvgIpc) is 3.39. The van der Waals surface area contributed by atoms with Gasteiger partial charge in [-0.05, 0) is 67.6 Å². The van der Waals surface area contributed by atoms with Crippen LogP contribution >= 0.6 is 0 Å². The SMILES string of the molecule is O=C(NCc1ccnc(C2CC2)c1)c1ccc(S(=O)(=O)N2CCCC2)cc1.